The number of nitrogens with zero attached hydrogens (tertiary/aromatic N) is 2. The van der Waals surface area contributed by atoms with E-state index >= 15 is 0 Å². The van der Waals surface area contributed by atoms with Crippen molar-refractivity contribution in [1.82, 2.24) is 9.88 Å². The summed E-state index contributed by atoms with van der Waals surface area (Å²) in [4.78, 5) is 12.3. The molecule has 0 unspecified atom stereocenters. The summed E-state index contributed by atoms with van der Waals surface area (Å²) in [5, 5.41) is 7.95. The molecular formula is C19H21N4O3S+. The van der Waals surface area contributed by atoms with Gasteiger partial charge in [0.25, 0.3) is 5.91 Å². The molecule has 1 heterocycles. The van der Waals surface area contributed by atoms with Crippen molar-refractivity contribution in [2.24, 2.45) is 5.14 Å². The van der Waals surface area contributed by atoms with Gasteiger partial charge in [-0.05, 0) is 36.2 Å². The van der Waals surface area contributed by atoms with Gasteiger partial charge in [-0.3, -0.25) is 4.79 Å². The van der Waals surface area contributed by atoms with Crippen molar-refractivity contribution in [2.75, 3.05) is 6.54 Å². The number of carbonyl (C=O) groups is 1. The van der Waals surface area contributed by atoms with E-state index in [1.165, 1.54) is 12.1 Å². The molecule has 0 atom stereocenters. The van der Waals surface area contributed by atoms with E-state index in [4.69, 9.17) is 5.14 Å². The molecule has 0 aliphatic rings. The molecule has 0 saturated heterocycles. The number of amides is 1. The van der Waals surface area contributed by atoms with Crippen LogP contribution in [0.1, 0.15) is 5.56 Å². The zero-order valence-corrected chi connectivity index (χ0v) is 15.5. The number of para-hydroxylation sites is 2. The van der Waals surface area contributed by atoms with Gasteiger partial charge in [0.15, 0.2) is 17.6 Å². The molecule has 27 heavy (non-hydrogen) atoms. The molecule has 7 nitrogen and oxygen atoms in total. The molecule has 3 N–H and O–H groups in total. The lowest BCUT2D eigenvalue weighted by Crippen LogP contribution is -2.42. The number of carbonyl (C=O) groups excluding carboxylic acids is 1. The Kier molecular flexibility index (Phi) is 5.38. The van der Waals surface area contributed by atoms with Gasteiger partial charge in [-0.15, -0.1) is 0 Å². The van der Waals surface area contributed by atoms with Gasteiger partial charge in [-0.25, -0.2) is 22.7 Å². The maximum absolute atomic E-state index is 12.3. The van der Waals surface area contributed by atoms with E-state index in [9.17, 15) is 13.2 Å². The predicted octanol–water partition coefficient (Wildman–Crippen LogP) is 1.04. The highest BCUT2D eigenvalue weighted by Gasteiger charge is 2.16. The molecule has 0 bridgehead atoms. The van der Waals surface area contributed by atoms with Crippen LogP contribution in [-0.2, 0) is 27.8 Å². The summed E-state index contributed by atoms with van der Waals surface area (Å²) in [6.45, 7) is 4.43. The molecule has 3 aromatic rings. The Morgan fingerprint density at radius 3 is 2.56 bits per heavy atom. The molecule has 0 saturated carbocycles. The van der Waals surface area contributed by atoms with Crippen molar-refractivity contribution in [2.45, 2.75) is 17.9 Å². The van der Waals surface area contributed by atoms with Gasteiger partial charge < -0.3 is 5.32 Å². The lowest BCUT2D eigenvalue weighted by molar-refractivity contribution is -0.658. The van der Waals surface area contributed by atoms with Crippen molar-refractivity contribution in [1.29, 1.82) is 0 Å². The number of primary sulfonamides is 1. The van der Waals surface area contributed by atoms with Crippen molar-refractivity contribution in [3.8, 4) is 0 Å². The second-order valence-electron chi connectivity index (χ2n) is 6.11. The van der Waals surface area contributed by atoms with Gasteiger partial charge >= 0.3 is 0 Å². The van der Waals surface area contributed by atoms with Crippen molar-refractivity contribution < 1.29 is 17.8 Å². The van der Waals surface area contributed by atoms with E-state index in [0.29, 0.717) is 13.0 Å². The molecule has 3 rings (SSSR count). The fourth-order valence-electron chi connectivity index (χ4n) is 2.87. The molecule has 0 fully saturated rings. The largest absolute Gasteiger partial charge is 0.352 e. The maximum atomic E-state index is 12.3. The molecule has 0 aliphatic carbocycles. The monoisotopic (exact) mass is 385 g/mol. The number of rotatable bonds is 7. The van der Waals surface area contributed by atoms with Crippen LogP contribution in [-0.4, -0.2) is 25.4 Å². The fourth-order valence-corrected chi connectivity index (χ4v) is 3.39. The number of benzene rings is 2. The molecular weight excluding hydrogens is 364 g/mol. The smallest absolute Gasteiger partial charge is 0.262 e. The molecule has 0 aliphatic heterocycles. The molecule has 8 heteroatoms. The number of nitrogens with one attached hydrogen (secondary N) is 1. The zero-order chi connectivity index (χ0) is 19.4. The molecule has 1 aromatic heterocycles. The summed E-state index contributed by atoms with van der Waals surface area (Å²) in [7, 11) is -3.69. The first-order chi connectivity index (χ1) is 12.9. The Balaban J connectivity index is 1.58. The lowest BCUT2D eigenvalue weighted by Gasteiger charge is -2.05. The van der Waals surface area contributed by atoms with Crippen LogP contribution in [0.5, 0.6) is 0 Å². The summed E-state index contributed by atoms with van der Waals surface area (Å²) >= 11 is 0. The Morgan fingerprint density at radius 1 is 1.19 bits per heavy atom. The van der Waals surface area contributed by atoms with Gasteiger partial charge in [0.1, 0.15) is 0 Å². The highest BCUT2D eigenvalue weighted by Crippen LogP contribution is 2.11. The normalized spacial score (nSPS) is 11.4. The first-order valence-electron chi connectivity index (χ1n) is 8.38. The molecule has 140 valence electrons. The first-order valence-corrected chi connectivity index (χ1v) is 9.93. The molecule has 0 radical (unpaired) electrons. The third-order valence-corrected chi connectivity index (χ3v) is 5.16. The lowest BCUT2D eigenvalue weighted by atomic mass is 10.1. The number of sulfonamides is 1. The number of aromatic nitrogens is 2. The van der Waals surface area contributed by atoms with E-state index in [1.54, 1.807) is 18.3 Å². The minimum atomic E-state index is -3.69. The molecule has 2 aromatic carbocycles. The number of hydrogen-bond donors (Lipinski definition) is 2. The summed E-state index contributed by atoms with van der Waals surface area (Å²) in [6, 6.07) is 14.1. The van der Waals surface area contributed by atoms with Crippen LogP contribution in [0.25, 0.3) is 17.2 Å². The standard InChI is InChI=1S/C19H20N4O3S/c1-2-22-14-23(18-6-4-3-5-17(18)22)13-19(24)21-12-11-15-7-9-16(10-8-15)27(20,25)26/h2-10,14H,1,11-13H2,(H2-,20,21,24,25,26)/p+1. The highest BCUT2D eigenvalue weighted by molar-refractivity contribution is 7.89. The average molecular weight is 385 g/mol. The number of nitrogens with two attached hydrogens (primary N) is 1. The van der Waals surface area contributed by atoms with E-state index in [2.05, 4.69) is 11.9 Å². The number of hydrogen-bond acceptors (Lipinski definition) is 3. The van der Waals surface area contributed by atoms with Gasteiger partial charge in [-0.2, -0.15) is 0 Å². The third kappa shape index (κ3) is 4.42. The summed E-state index contributed by atoms with van der Waals surface area (Å²) in [6.07, 6.45) is 4.13. The quantitative estimate of drug-likeness (QED) is 0.595. The minimum absolute atomic E-state index is 0.0743. The van der Waals surface area contributed by atoms with E-state index < -0.39 is 10.0 Å². The van der Waals surface area contributed by atoms with Crippen LogP contribution >= 0.6 is 0 Å². The summed E-state index contributed by atoms with van der Waals surface area (Å²) in [5.41, 5.74) is 2.85. The SMILES string of the molecule is C=Cn1c[n+](CC(=O)NCCc2ccc(S(N)(=O)=O)cc2)c2ccccc21. The van der Waals surface area contributed by atoms with Gasteiger partial charge in [0.05, 0.1) is 11.1 Å². The highest BCUT2D eigenvalue weighted by atomic mass is 32.2. The Hall–Kier alpha value is -2.97. The van der Waals surface area contributed by atoms with Crippen LogP contribution in [0.15, 0.2) is 66.3 Å². The second-order valence-corrected chi connectivity index (χ2v) is 7.67. The second kappa shape index (κ2) is 7.73. The number of imidazole rings is 1. The Bertz CT molecular complexity index is 1090. The van der Waals surface area contributed by atoms with Crippen LogP contribution in [0.3, 0.4) is 0 Å². The van der Waals surface area contributed by atoms with Crippen LogP contribution in [0, 0.1) is 0 Å². The Morgan fingerprint density at radius 2 is 1.89 bits per heavy atom. The number of fused-ring (bicyclic) bond motifs is 1. The van der Waals surface area contributed by atoms with E-state index in [1.807, 2.05) is 39.7 Å². The van der Waals surface area contributed by atoms with Crippen LogP contribution < -0.4 is 15.0 Å². The van der Waals surface area contributed by atoms with Crippen molar-refractivity contribution >= 4 is 33.2 Å². The predicted molar refractivity (Wildman–Crippen MR) is 103 cm³/mol. The van der Waals surface area contributed by atoms with Gasteiger partial charge in [-0.1, -0.05) is 30.8 Å². The summed E-state index contributed by atoms with van der Waals surface area (Å²) in [5.74, 6) is -0.104. The van der Waals surface area contributed by atoms with Gasteiger partial charge in [0.2, 0.25) is 16.4 Å². The Labute approximate surface area is 157 Å². The fraction of sp³-hybridized carbons (Fsp3) is 0.158. The minimum Gasteiger partial charge on any atom is -0.352 e. The molecule has 0 spiro atoms. The van der Waals surface area contributed by atoms with E-state index in [-0.39, 0.29) is 17.3 Å². The van der Waals surface area contributed by atoms with Crippen LogP contribution in [0.2, 0.25) is 0 Å². The topological polar surface area (TPSA) is 98.1 Å². The average Bonchev–Trinajstić information content (AvgIpc) is 2.99. The van der Waals surface area contributed by atoms with E-state index in [0.717, 1.165) is 16.6 Å². The maximum Gasteiger partial charge on any atom is 0.262 e. The van der Waals surface area contributed by atoms with Crippen LogP contribution in [0.4, 0.5) is 0 Å². The van der Waals surface area contributed by atoms with Crippen molar-refractivity contribution in [3.63, 3.8) is 0 Å². The van der Waals surface area contributed by atoms with Crippen molar-refractivity contribution in [3.05, 3.63) is 67.0 Å². The summed E-state index contributed by atoms with van der Waals surface area (Å²) < 4.78 is 26.2. The molecule has 1 amide bonds. The first kappa shape index (κ1) is 18.8. The van der Waals surface area contributed by atoms with Gasteiger partial charge in [0, 0.05) is 6.54 Å². The third-order valence-electron chi connectivity index (χ3n) is 4.23. The zero-order valence-electron chi connectivity index (χ0n) is 14.7.